The zero-order valence-corrected chi connectivity index (χ0v) is 12.0. The number of rotatable bonds is 4. The Morgan fingerprint density at radius 2 is 2.42 bits per heavy atom. The van der Waals surface area contributed by atoms with Gasteiger partial charge in [0, 0.05) is 19.6 Å². The van der Waals surface area contributed by atoms with Gasteiger partial charge in [0.1, 0.15) is 11.9 Å². The number of ether oxygens (including phenoxy) is 1. The molecule has 1 aliphatic rings. The van der Waals surface area contributed by atoms with Crippen LogP contribution < -0.4 is 10.6 Å². The third-order valence-electron chi connectivity index (χ3n) is 2.92. The van der Waals surface area contributed by atoms with Crippen molar-refractivity contribution in [1.29, 1.82) is 0 Å². The summed E-state index contributed by atoms with van der Waals surface area (Å²) in [5.41, 5.74) is 0.969. The molecule has 1 aromatic carbocycles. The molecule has 0 aromatic heterocycles. The fourth-order valence-corrected chi connectivity index (χ4v) is 2.30. The Morgan fingerprint density at radius 3 is 3.11 bits per heavy atom. The van der Waals surface area contributed by atoms with Crippen LogP contribution in [0.1, 0.15) is 5.56 Å². The van der Waals surface area contributed by atoms with Crippen LogP contribution in [-0.4, -0.2) is 38.3 Å². The lowest BCUT2D eigenvalue weighted by Crippen LogP contribution is -2.48. The van der Waals surface area contributed by atoms with Crippen molar-refractivity contribution in [1.82, 2.24) is 10.6 Å². The predicted molar refractivity (Wildman–Crippen MR) is 73.4 cm³/mol. The second-order valence-electron chi connectivity index (χ2n) is 4.35. The van der Waals surface area contributed by atoms with E-state index in [0.29, 0.717) is 30.6 Å². The van der Waals surface area contributed by atoms with Gasteiger partial charge >= 0.3 is 0 Å². The number of halogens is 2. The molecule has 104 valence electrons. The van der Waals surface area contributed by atoms with Gasteiger partial charge in [-0.3, -0.25) is 4.79 Å². The summed E-state index contributed by atoms with van der Waals surface area (Å²) in [7, 11) is 0. The summed E-state index contributed by atoms with van der Waals surface area (Å²) < 4.78 is 18.8. The highest BCUT2D eigenvalue weighted by Gasteiger charge is 2.20. The number of hydrogen-bond acceptors (Lipinski definition) is 3. The van der Waals surface area contributed by atoms with E-state index in [2.05, 4.69) is 26.6 Å². The smallest absolute Gasteiger partial charge is 0.250 e. The van der Waals surface area contributed by atoms with E-state index in [1.54, 1.807) is 12.1 Å². The summed E-state index contributed by atoms with van der Waals surface area (Å²) in [5.74, 6) is -0.386. The van der Waals surface area contributed by atoms with E-state index in [-0.39, 0.29) is 11.7 Å². The zero-order valence-electron chi connectivity index (χ0n) is 10.4. The molecule has 1 atom stereocenters. The van der Waals surface area contributed by atoms with Crippen molar-refractivity contribution in [3.05, 3.63) is 34.1 Å². The molecular weight excluding hydrogens is 315 g/mol. The number of amides is 1. The first-order chi connectivity index (χ1) is 9.16. The quantitative estimate of drug-likeness (QED) is 0.873. The molecule has 0 radical (unpaired) electrons. The Morgan fingerprint density at radius 1 is 1.58 bits per heavy atom. The van der Waals surface area contributed by atoms with Gasteiger partial charge in [0.25, 0.3) is 0 Å². The predicted octanol–water partition coefficient (Wildman–Crippen LogP) is 1.24. The molecule has 0 saturated carbocycles. The molecule has 2 rings (SSSR count). The van der Waals surface area contributed by atoms with Crippen LogP contribution in [0, 0.1) is 5.82 Å². The van der Waals surface area contributed by atoms with E-state index in [1.165, 1.54) is 6.07 Å². The van der Waals surface area contributed by atoms with Gasteiger partial charge in [0.05, 0.1) is 11.1 Å². The minimum atomic E-state index is -0.409. The summed E-state index contributed by atoms with van der Waals surface area (Å²) in [6, 6.07) is 4.85. The lowest BCUT2D eigenvalue weighted by molar-refractivity contribution is -0.134. The highest BCUT2D eigenvalue weighted by atomic mass is 79.9. The Bertz CT molecular complexity index is 450. The van der Waals surface area contributed by atoms with Crippen molar-refractivity contribution in [2.24, 2.45) is 0 Å². The highest BCUT2D eigenvalue weighted by Crippen LogP contribution is 2.16. The lowest BCUT2D eigenvalue weighted by atomic mass is 10.1. The third-order valence-corrected chi connectivity index (χ3v) is 3.52. The number of morpholine rings is 1. The molecule has 1 aromatic rings. The van der Waals surface area contributed by atoms with E-state index in [4.69, 9.17) is 4.74 Å². The highest BCUT2D eigenvalue weighted by molar-refractivity contribution is 9.10. The SMILES string of the molecule is O=C(NCCc1ccc(F)c(Br)c1)C1CNCCO1. The van der Waals surface area contributed by atoms with Crippen molar-refractivity contribution in [2.45, 2.75) is 12.5 Å². The number of hydrogen-bond donors (Lipinski definition) is 2. The van der Waals surface area contributed by atoms with E-state index >= 15 is 0 Å². The Kier molecular flexibility index (Phi) is 5.30. The van der Waals surface area contributed by atoms with E-state index in [9.17, 15) is 9.18 Å². The van der Waals surface area contributed by atoms with Crippen LogP contribution in [0.5, 0.6) is 0 Å². The van der Waals surface area contributed by atoms with E-state index < -0.39 is 6.10 Å². The average molecular weight is 331 g/mol. The first-order valence-electron chi connectivity index (χ1n) is 6.21. The maximum absolute atomic E-state index is 13.1. The van der Waals surface area contributed by atoms with Gasteiger partial charge in [-0.1, -0.05) is 6.07 Å². The van der Waals surface area contributed by atoms with E-state index in [1.807, 2.05) is 0 Å². The third kappa shape index (κ3) is 4.26. The van der Waals surface area contributed by atoms with Gasteiger partial charge in [-0.05, 0) is 40.0 Å². The maximum atomic E-state index is 13.1. The van der Waals surface area contributed by atoms with Crippen LogP contribution in [0.15, 0.2) is 22.7 Å². The first-order valence-corrected chi connectivity index (χ1v) is 7.00. The fourth-order valence-electron chi connectivity index (χ4n) is 1.87. The number of carbonyl (C=O) groups excluding carboxylic acids is 1. The summed E-state index contributed by atoms with van der Waals surface area (Å²) >= 11 is 3.14. The summed E-state index contributed by atoms with van der Waals surface area (Å²) in [6.45, 7) is 2.40. The summed E-state index contributed by atoms with van der Waals surface area (Å²) in [6.07, 6.45) is 0.249. The van der Waals surface area contributed by atoms with Gasteiger partial charge in [0.15, 0.2) is 0 Å². The summed E-state index contributed by atoms with van der Waals surface area (Å²) in [5, 5.41) is 5.93. The van der Waals surface area contributed by atoms with Crippen LogP contribution in [0.3, 0.4) is 0 Å². The monoisotopic (exact) mass is 330 g/mol. The largest absolute Gasteiger partial charge is 0.366 e. The standard InChI is InChI=1S/C13H16BrFN2O2/c14-10-7-9(1-2-11(10)15)3-4-17-13(18)12-8-16-5-6-19-12/h1-2,7,12,16H,3-6,8H2,(H,17,18). The molecule has 19 heavy (non-hydrogen) atoms. The molecule has 1 fully saturated rings. The minimum absolute atomic E-state index is 0.103. The molecule has 4 nitrogen and oxygen atoms in total. The average Bonchev–Trinajstić information content (AvgIpc) is 2.43. The van der Waals surface area contributed by atoms with Crippen molar-refractivity contribution in [3.63, 3.8) is 0 Å². The maximum Gasteiger partial charge on any atom is 0.250 e. The van der Waals surface area contributed by atoms with Crippen molar-refractivity contribution in [3.8, 4) is 0 Å². The molecule has 1 heterocycles. The van der Waals surface area contributed by atoms with Gasteiger partial charge in [0.2, 0.25) is 5.91 Å². The molecular formula is C13H16BrFN2O2. The molecule has 1 amide bonds. The Hall–Kier alpha value is -0.980. The molecule has 1 aliphatic heterocycles. The van der Waals surface area contributed by atoms with Gasteiger partial charge < -0.3 is 15.4 Å². The molecule has 0 aliphatic carbocycles. The normalized spacial score (nSPS) is 19.2. The van der Waals surface area contributed by atoms with Gasteiger partial charge in [-0.2, -0.15) is 0 Å². The van der Waals surface area contributed by atoms with Crippen molar-refractivity contribution >= 4 is 21.8 Å². The summed E-state index contributed by atoms with van der Waals surface area (Å²) in [4.78, 5) is 11.8. The van der Waals surface area contributed by atoms with E-state index in [0.717, 1.165) is 12.1 Å². The Labute approximate surface area is 119 Å². The van der Waals surface area contributed by atoms with Crippen LogP contribution in [0.2, 0.25) is 0 Å². The molecule has 2 N–H and O–H groups in total. The molecule has 0 bridgehead atoms. The Balaban J connectivity index is 1.76. The molecule has 1 unspecified atom stereocenters. The number of benzene rings is 1. The topological polar surface area (TPSA) is 50.4 Å². The van der Waals surface area contributed by atoms with Gasteiger partial charge in [-0.25, -0.2) is 4.39 Å². The fraction of sp³-hybridized carbons (Fsp3) is 0.462. The number of nitrogens with one attached hydrogen (secondary N) is 2. The molecule has 1 saturated heterocycles. The second-order valence-corrected chi connectivity index (χ2v) is 5.21. The van der Waals surface area contributed by atoms with Crippen LogP contribution in [0.25, 0.3) is 0 Å². The van der Waals surface area contributed by atoms with Crippen LogP contribution in [0.4, 0.5) is 4.39 Å². The van der Waals surface area contributed by atoms with Crippen molar-refractivity contribution in [2.75, 3.05) is 26.2 Å². The van der Waals surface area contributed by atoms with Crippen LogP contribution >= 0.6 is 15.9 Å². The minimum Gasteiger partial charge on any atom is -0.366 e. The lowest BCUT2D eigenvalue weighted by Gasteiger charge is -2.22. The zero-order chi connectivity index (χ0) is 13.7. The molecule has 6 heteroatoms. The second kappa shape index (κ2) is 6.98. The number of carbonyl (C=O) groups is 1. The van der Waals surface area contributed by atoms with Gasteiger partial charge in [-0.15, -0.1) is 0 Å². The van der Waals surface area contributed by atoms with Crippen LogP contribution in [-0.2, 0) is 16.0 Å². The molecule has 0 spiro atoms. The first kappa shape index (κ1) is 14.4. The van der Waals surface area contributed by atoms with Crippen molar-refractivity contribution < 1.29 is 13.9 Å².